The molecule has 0 saturated heterocycles. The molecule has 0 bridgehead atoms. The Morgan fingerprint density at radius 1 is 0.611 bits per heavy atom. The molecule has 0 saturated carbocycles. The lowest BCUT2D eigenvalue weighted by molar-refractivity contribution is -0.385. The number of nitro groups is 2. The van der Waals surface area contributed by atoms with Crippen molar-refractivity contribution < 1.29 is 11.3 Å². The largest absolute Gasteiger partial charge is 0.269 e. The van der Waals surface area contributed by atoms with Crippen LogP contribution >= 0.6 is 15.9 Å². The highest BCUT2D eigenvalue weighted by Gasteiger charge is 2.02. The number of non-ortho nitro benzene ring substituents is 2. The van der Waals surface area contributed by atoms with Gasteiger partial charge in [0.2, 0.25) is 0 Å². The fourth-order valence-corrected chi connectivity index (χ4v) is 2.69. The van der Waals surface area contributed by atoms with E-state index in [4.69, 9.17) is 6.42 Å². The van der Waals surface area contributed by atoms with Crippen molar-refractivity contribution in [3.8, 4) is 24.2 Å². The molecule has 4 aromatic rings. The van der Waals surface area contributed by atoms with Gasteiger partial charge < -0.3 is 0 Å². The molecule has 0 spiro atoms. The van der Waals surface area contributed by atoms with E-state index >= 15 is 0 Å². The smallest absolute Gasteiger partial charge is 0.258 e. The van der Waals surface area contributed by atoms with E-state index in [1.165, 1.54) is 24.3 Å². The Morgan fingerprint density at radius 2 is 0.972 bits per heavy atom. The van der Waals surface area contributed by atoms with E-state index < -0.39 is 9.85 Å². The zero-order valence-corrected chi connectivity index (χ0v) is 20.0. The SMILES string of the molecule is C.C#Cc1ccccc1.O=[N+]([O-])c1ccc(Br)cc1.O=[N+]([O-])c1ccc(C#Cc2ccccc2)cc1.[2HH]. The lowest BCUT2D eigenvalue weighted by Crippen LogP contribution is -1.86. The molecule has 0 aliphatic rings. The normalized spacial score (nSPS) is 8.67. The molecule has 0 N–H and O–H groups in total. The lowest BCUT2D eigenvalue weighted by atomic mass is 10.2. The third-order valence-electron chi connectivity index (χ3n) is 4.18. The molecule has 0 aliphatic heterocycles. The van der Waals surface area contributed by atoms with Crippen LogP contribution in [0.25, 0.3) is 0 Å². The maximum absolute atomic E-state index is 10.5. The second-order valence-electron chi connectivity index (χ2n) is 6.66. The number of terminal acetylenes is 1. The van der Waals surface area contributed by atoms with Crippen molar-refractivity contribution >= 4 is 27.3 Å². The van der Waals surface area contributed by atoms with Gasteiger partial charge in [0.25, 0.3) is 11.4 Å². The summed E-state index contributed by atoms with van der Waals surface area (Å²) in [5.74, 6) is 8.47. The Kier molecular flexibility index (Phi) is 13.0. The van der Waals surface area contributed by atoms with Crippen LogP contribution < -0.4 is 0 Å². The summed E-state index contributed by atoms with van der Waals surface area (Å²) in [5.41, 5.74) is 2.82. The molecular weight excluding hydrogens is 520 g/mol. The van der Waals surface area contributed by atoms with E-state index in [0.717, 1.165) is 21.2 Å². The molecule has 0 heterocycles. The number of hydrogen-bond acceptors (Lipinski definition) is 4. The molecule has 182 valence electrons. The van der Waals surface area contributed by atoms with Crippen LogP contribution in [0.5, 0.6) is 0 Å². The molecule has 4 aromatic carbocycles. The van der Waals surface area contributed by atoms with E-state index in [2.05, 4.69) is 33.7 Å². The van der Waals surface area contributed by atoms with Gasteiger partial charge in [-0.15, -0.1) is 6.42 Å². The molecule has 0 aromatic heterocycles. The summed E-state index contributed by atoms with van der Waals surface area (Å²) >= 11 is 3.17. The summed E-state index contributed by atoms with van der Waals surface area (Å²) in [6, 6.07) is 31.6. The quantitative estimate of drug-likeness (QED) is 0.145. The average molecular weight is 546 g/mol. The van der Waals surface area contributed by atoms with Crippen molar-refractivity contribution in [3.05, 3.63) is 151 Å². The fraction of sp³-hybridized carbons (Fsp3) is 0.0345. The third kappa shape index (κ3) is 10.9. The van der Waals surface area contributed by atoms with Crippen LogP contribution in [0.15, 0.2) is 114 Å². The summed E-state index contributed by atoms with van der Waals surface area (Å²) < 4.78 is 0.845. The predicted octanol–water partition coefficient (Wildman–Crippen LogP) is 7.90. The van der Waals surface area contributed by atoms with Crippen LogP contribution in [0.2, 0.25) is 0 Å². The van der Waals surface area contributed by atoms with Crippen LogP contribution in [-0.4, -0.2) is 9.85 Å². The number of nitro benzene ring substituents is 2. The Hall–Kier alpha value is -4.72. The Labute approximate surface area is 220 Å². The molecule has 7 heteroatoms. The Morgan fingerprint density at radius 3 is 1.33 bits per heavy atom. The third-order valence-corrected chi connectivity index (χ3v) is 4.71. The molecule has 0 radical (unpaired) electrons. The van der Waals surface area contributed by atoms with Crippen molar-refractivity contribution in [3.63, 3.8) is 0 Å². The topological polar surface area (TPSA) is 86.3 Å². The number of halogens is 1. The first-order valence-electron chi connectivity index (χ1n) is 10.1. The van der Waals surface area contributed by atoms with Crippen LogP contribution in [0.4, 0.5) is 11.4 Å². The van der Waals surface area contributed by atoms with E-state index in [9.17, 15) is 20.2 Å². The molecule has 0 aliphatic carbocycles. The Balaban J connectivity index is 0.000000557. The lowest BCUT2D eigenvalue weighted by Gasteiger charge is -1.91. The first-order valence-corrected chi connectivity index (χ1v) is 10.9. The van der Waals surface area contributed by atoms with E-state index in [1.54, 1.807) is 24.3 Å². The molecular formula is C29H25BrN2O4. The van der Waals surface area contributed by atoms with Crippen LogP contribution in [0, 0.1) is 44.4 Å². The molecule has 36 heavy (non-hydrogen) atoms. The van der Waals surface area contributed by atoms with Gasteiger partial charge in [0.1, 0.15) is 0 Å². The minimum Gasteiger partial charge on any atom is -0.258 e. The first-order chi connectivity index (χ1) is 16.9. The standard InChI is InChI=1S/C14H9NO2.C8H6.C6H4BrNO2.CH4.H2/c16-15(17)14-10-8-13(9-11-14)7-6-12-4-2-1-3-5-12;1-2-8-6-4-3-5-7-8;7-5-1-3-6(4-2-5)8(9)10;;/h1-5,8-11H;1,3-7H;1-4H;1H4;1H/i;;;;1+1. The summed E-state index contributed by atoms with van der Waals surface area (Å²) in [6.07, 6.45) is 5.10. The zero-order chi connectivity index (χ0) is 25.5. The second-order valence-corrected chi connectivity index (χ2v) is 7.58. The van der Waals surface area contributed by atoms with Gasteiger partial charge in [-0.05, 0) is 48.5 Å². The van der Waals surface area contributed by atoms with Gasteiger partial charge in [-0.2, -0.15) is 0 Å². The molecule has 0 amide bonds. The highest BCUT2D eigenvalue weighted by Crippen LogP contribution is 2.15. The summed E-state index contributed by atoms with van der Waals surface area (Å²) in [5, 5.41) is 20.6. The number of rotatable bonds is 2. The predicted molar refractivity (Wildman–Crippen MR) is 150 cm³/mol. The summed E-state index contributed by atoms with van der Waals surface area (Å²) in [7, 11) is 0. The van der Waals surface area contributed by atoms with Crippen LogP contribution in [0.3, 0.4) is 0 Å². The highest BCUT2D eigenvalue weighted by atomic mass is 79.9. The van der Waals surface area contributed by atoms with Crippen LogP contribution in [-0.2, 0) is 0 Å². The Bertz CT molecular complexity index is 1350. The van der Waals surface area contributed by atoms with Gasteiger partial charge in [-0.25, -0.2) is 0 Å². The zero-order valence-electron chi connectivity index (χ0n) is 18.4. The van der Waals surface area contributed by atoms with Crippen molar-refractivity contribution in [1.82, 2.24) is 0 Å². The van der Waals surface area contributed by atoms with E-state index in [1.807, 2.05) is 60.7 Å². The van der Waals surface area contributed by atoms with Crippen molar-refractivity contribution in [2.75, 3.05) is 0 Å². The average Bonchev–Trinajstić information content (AvgIpc) is 2.90. The fourth-order valence-electron chi connectivity index (χ4n) is 2.43. The minimum absolute atomic E-state index is 0. The first kappa shape index (κ1) is 29.3. The molecule has 0 fully saturated rings. The van der Waals surface area contributed by atoms with Crippen molar-refractivity contribution in [1.29, 1.82) is 0 Å². The van der Waals surface area contributed by atoms with Gasteiger partial charge in [-0.1, -0.05) is 77.5 Å². The number of benzene rings is 4. The van der Waals surface area contributed by atoms with Gasteiger partial charge in [0.05, 0.1) is 9.85 Å². The number of nitrogens with zero attached hydrogens (tertiary/aromatic N) is 2. The monoisotopic (exact) mass is 545 g/mol. The molecule has 0 unspecified atom stereocenters. The van der Waals surface area contributed by atoms with Crippen molar-refractivity contribution in [2.45, 2.75) is 7.43 Å². The minimum atomic E-state index is -0.424. The van der Waals surface area contributed by atoms with Gasteiger partial charge in [-0.3, -0.25) is 20.2 Å². The van der Waals surface area contributed by atoms with Crippen LogP contribution in [0.1, 0.15) is 25.5 Å². The van der Waals surface area contributed by atoms with Crippen molar-refractivity contribution in [2.24, 2.45) is 0 Å². The van der Waals surface area contributed by atoms with Gasteiger partial charge in [0, 0.05) is 46.9 Å². The maximum atomic E-state index is 10.5. The maximum Gasteiger partial charge on any atom is 0.269 e. The second kappa shape index (κ2) is 16.0. The molecule has 4 rings (SSSR count). The summed E-state index contributed by atoms with van der Waals surface area (Å²) in [6.45, 7) is 0. The van der Waals surface area contributed by atoms with Gasteiger partial charge >= 0.3 is 0 Å². The molecule has 0 atom stereocenters. The molecule has 6 nitrogen and oxygen atoms in total. The van der Waals surface area contributed by atoms with E-state index in [-0.39, 0.29) is 20.2 Å². The summed E-state index contributed by atoms with van der Waals surface area (Å²) in [4.78, 5) is 19.7. The number of hydrogen-bond donors (Lipinski definition) is 0. The highest BCUT2D eigenvalue weighted by molar-refractivity contribution is 9.10. The van der Waals surface area contributed by atoms with Gasteiger partial charge in [0.15, 0.2) is 0 Å². The van der Waals surface area contributed by atoms with E-state index in [0.29, 0.717) is 0 Å².